The predicted octanol–water partition coefficient (Wildman–Crippen LogP) is 6.46. The number of hydrogen-bond acceptors (Lipinski definition) is 6. The van der Waals surface area contributed by atoms with E-state index in [1.807, 2.05) is 12.1 Å². The van der Waals surface area contributed by atoms with E-state index in [2.05, 4.69) is 10.3 Å². The molecular formula is C31H36F3N3O5. The van der Waals surface area contributed by atoms with Crippen LogP contribution in [-0.2, 0) is 18.0 Å². The number of rotatable bonds is 8. The molecule has 2 fully saturated rings. The third kappa shape index (κ3) is 7.95. The first-order chi connectivity index (χ1) is 20.0. The van der Waals surface area contributed by atoms with E-state index in [0.29, 0.717) is 25.0 Å². The summed E-state index contributed by atoms with van der Waals surface area (Å²) in [7, 11) is 1.33. The maximum Gasteiger partial charge on any atom is 0.416 e. The summed E-state index contributed by atoms with van der Waals surface area (Å²) in [6.45, 7) is 0.716. The van der Waals surface area contributed by atoms with Crippen LogP contribution in [0.1, 0.15) is 80.1 Å². The second-order valence-electron chi connectivity index (χ2n) is 11.1. The molecule has 2 atom stereocenters. The Balaban J connectivity index is 0.000000216. The number of ether oxygens (including phenoxy) is 1. The van der Waals surface area contributed by atoms with Crippen LogP contribution in [-0.4, -0.2) is 38.5 Å². The number of nitrogens with zero attached hydrogens (tertiary/aromatic N) is 3. The topological polar surface area (TPSA) is 111 Å². The summed E-state index contributed by atoms with van der Waals surface area (Å²) < 4.78 is 43.9. The number of carbonyl (C=O) groups excluding carboxylic acids is 1. The number of benzene rings is 2. The maximum absolute atomic E-state index is 12.6. The SMILES string of the molecule is Cn1nnc2ccc(C(F)(F)F)cc2c1=O.O=C(O)[C@H]1CCC[C@@H]1C(=O)c1ccc(OCCCC2CCCCC2)cc1. The summed E-state index contributed by atoms with van der Waals surface area (Å²) in [6, 6.07) is 10.00. The van der Waals surface area contributed by atoms with Crippen molar-refractivity contribution in [1.82, 2.24) is 15.0 Å². The van der Waals surface area contributed by atoms with Gasteiger partial charge in [-0.1, -0.05) is 43.7 Å². The third-order valence-electron chi connectivity index (χ3n) is 8.19. The van der Waals surface area contributed by atoms with E-state index in [0.717, 1.165) is 47.4 Å². The van der Waals surface area contributed by atoms with Gasteiger partial charge in [0.2, 0.25) is 0 Å². The van der Waals surface area contributed by atoms with Gasteiger partial charge in [-0.3, -0.25) is 14.4 Å². The normalized spacial score (nSPS) is 19.2. The van der Waals surface area contributed by atoms with Crippen LogP contribution < -0.4 is 10.3 Å². The highest BCUT2D eigenvalue weighted by atomic mass is 19.4. The summed E-state index contributed by atoms with van der Waals surface area (Å²) in [5.41, 5.74) is -0.727. The van der Waals surface area contributed by atoms with Crippen molar-refractivity contribution >= 4 is 22.7 Å². The van der Waals surface area contributed by atoms with Gasteiger partial charge in [0.15, 0.2) is 5.78 Å². The summed E-state index contributed by atoms with van der Waals surface area (Å²) in [6.07, 6.45) is 6.84. The highest BCUT2D eigenvalue weighted by Crippen LogP contribution is 2.35. The number of Topliss-reactive ketones (excluding diaryl/α,β-unsaturated/α-hetero) is 1. The van der Waals surface area contributed by atoms with Gasteiger partial charge in [0.05, 0.1) is 23.5 Å². The van der Waals surface area contributed by atoms with Crippen molar-refractivity contribution in [2.24, 2.45) is 24.8 Å². The lowest BCUT2D eigenvalue weighted by Crippen LogP contribution is -2.25. The van der Waals surface area contributed by atoms with E-state index < -0.39 is 29.2 Å². The molecule has 0 saturated heterocycles. The molecule has 1 N–H and O–H groups in total. The molecule has 0 spiro atoms. The molecule has 8 nitrogen and oxygen atoms in total. The van der Waals surface area contributed by atoms with Gasteiger partial charge in [0, 0.05) is 18.5 Å². The summed E-state index contributed by atoms with van der Waals surface area (Å²) in [5.74, 6) is -0.141. The molecule has 0 unspecified atom stereocenters. The van der Waals surface area contributed by atoms with Crippen molar-refractivity contribution in [2.45, 2.75) is 70.4 Å². The molecule has 1 heterocycles. The van der Waals surface area contributed by atoms with Crippen LogP contribution in [0, 0.1) is 17.8 Å². The highest BCUT2D eigenvalue weighted by molar-refractivity contribution is 6.00. The van der Waals surface area contributed by atoms with E-state index in [9.17, 15) is 32.7 Å². The fourth-order valence-corrected chi connectivity index (χ4v) is 5.84. The maximum atomic E-state index is 12.6. The average molecular weight is 588 g/mol. The van der Waals surface area contributed by atoms with Crippen LogP contribution in [0.4, 0.5) is 13.2 Å². The molecule has 42 heavy (non-hydrogen) atoms. The standard InChI is InChI=1S/C22H30O4.C9H6F3N3O/c23-21(19-9-4-10-20(19)22(24)25)17-11-13-18(14-12-17)26-15-5-8-16-6-2-1-3-7-16;1-15-8(16)6-4-5(9(10,11)12)2-3-7(6)13-14-15/h11-14,16,19-20H,1-10,15H2,(H,24,25);2-4H,1H3/t19-,20-;/m0./s1. The number of alkyl halides is 3. The van der Waals surface area contributed by atoms with Gasteiger partial charge in [0.25, 0.3) is 5.56 Å². The quantitative estimate of drug-likeness (QED) is 0.238. The Morgan fingerprint density at radius 3 is 2.33 bits per heavy atom. The van der Waals surface area contributed by atoms with Crippen molar-refractivity contribution in [3.63, 3.8) is 0 Å². The van der Waals surface area contributed by atoms with Crippen molar-refractivity contribution < 1.29 is 32.6 Å². The van der Waals surface area contributed by atoms with Gasteiger partial charge in [0.1, 0.15) is 11.3 Å². The minimum atomic E-state index is -4.47. The van der Waals surface area contributed by atoms with E-state index in [1.165, 1.54) is 45.6 Å². The van der Waals surface area contributed by atoms with Crippen molar-refractivity contribution in [3.05, 3.63) is 63.9 Å². The number of halogens is 3. The molecule has 0 amide bonds. The summed E-state index contributed by atoms with van der Waals surface area (Å²) in [5, 5.41) is 16.3. The Morgan fingerprint density at radius 2 is 1.67 bits per heavy atom. The summed E-state index contributed by atoms with van der Waals surface area (Å²) in [4.78, 5) is 35.4. The van der Waals surface area contributed by atoms with Crippen LogP contribution in [0.2, 0.25) is 0 Å². The molecule has 3 aromatic rings. The number of carbonyl (C=O) groups is 2. The number of aliphatic carboxylic acids is 1. The molecular weight excluding hydrogens is 551 g/mol. The monoisotopic (exact) mass is 587 g/mol. The Hall–Kier alpha value is -3.76. The fraction of sp³-hybridized carbons (Fsp3) is 0.516. The van der Waals surface area contributed by atoms with Crippen LogP contribution in [0.15, 0.2) is 47.3 Å². The molecule has 11 heteroatoms. The first-order valence-corrected chi connectivity index (χ1v) is 14.5. The molecule has 2 aromatic carbocycles. The Morgan fingerprint density at radius 1 is 0.976 bits per heavy atom. The molecule has 1 aromatic heterocycles. The van der Waals surface area contributed by atoms with Gasteiger partial charge >= 0.3 is 12.1 Å². The molecule has 0 radical (unpaired) electrons. The van der Waals surface area contributed by atoms with Crippen molar-refractivity contribution in [3.8, 4) is 5.75 Å². The Kier molecular flexibility index (Phi) is 10.3. The van der Waals surface area contributed by atoms with Crippen molar-refractivity contribution in [1.29, 1.82) is 0 Å². The number of fused-ring (bicyclic) bond motifs is 1. The fourth-order valence-electron chi connectivity index (χ4n) is 5.84. The molecule has 2 aliphatic rings. The second-order valence-corrected chi connectivity index (χ2v) is 11.1. The molecule has 0 aliphatic heterocycles. The summed E-state index contributed by atoms with van der Waals surface area (Å²) >= 11 is 0. The van der Waals surface area contributed by atoms with E-state index in [4.69, 9.17) is 4.74 Å². The Labute approximate surface area is 241 Å². The first-order valence-electron chi connectivity index (χ1n) is 14.5. The molecule has 226 valence electrons. The van der Waals surface area contributed by atoms with Gasteiger partial charge in [-0.2, -0.15) is 13.2 Å². The lowest BCUT2D eigenvalue weighted by molar-refractivity contribution is -0.142. The second kappa shape index (κ2) is 13.9. The van der Waals surface area contributed by atoms with Crippen LogP contribution in [0.25, 0.3) is 10.9 Å². The number of carboxylic acid groups (broad SMARTS) is 1. The van der Waals surface area contributed by atoms with E-state index >= 15 is 0 Å². The number of aromatic nitrogens is 3. The van der Waals surface area contributed by atoms with Gasteiger partial charge in [-0.15, -0.1) is 5.10 Å². The van der Waals surface area contributed by atoms with Gasteiger partial charge < -0.3 is 9.84 Å². The largest absolute Gasteiger partial charge is 0.494 e. The predicted molar refractivity (Wildman–Crippen MR) is 150 cm³/mol. The van der Waals surface area contributed by atoms with Gasteiger partial charge in [-0.05, 0) is 74.1 Å². The molecule has 0 bridgehead atoms. The Bertz CT molecular complexity index is 1430. The minimum Gasteiger partial charge on any atom is -0.494 e. The zero-order chi connectivity index (χ0) is 30.3. The average Bonchev–Trinajstić information content (AvgIpc) is 3.48. The van der Waals surface area contributed by atoms with E-state index in [-0.39, 0.29) is 22.6 Å². The number of ketones is 1. The van der Waals surface area contributed by atoms with Crippen molar-refractivity contribution in [2.75, 3.05) is 6.61 Å². The first kappa shape index (κ1) is 31.2. The van der Waals surface area contributed by atoms with Crippen LogP contribution in [0.3, 0.4) is 0 Å². The third-order valence-corrected chi connectivity index (χ3v) is 8.19. The minimum absolute atomic E-state index is 0.0428. The lowest BCUT2D eigenvalue weighted by Gasteiger charge is -2.21. The highest BCUT2D eigenvalue weighted by Gasteiger charge is 2.38. The molecule has 2 aliphatic carbocycles. The van der Waals surface area contributed by atoms with Crippen LogP contribution >= 0.6 is 0 Å². The number of aryl methyl sites for hydroxylation is 1. The number of carboxylic acids is 1. The lowest BCUT2D eigenvalue weighted by atomic mass is 9.86. The van der Waals surface area contributed by atoms with Crippen LogP contribution in [0.5, 0.6) is 5.75 Å². The molecule has 5 rings (SSSR count). The molecule has 2 saturated carbocycles. The zero-order valence-electron chi connectivity index (χ0n) is 23.6. The van der Waals surface area contributed by atoms with Gasteiger partial charge in [-0.25, -0.2) is 4.68 Å². The van der Waals surface area contributed by atoms with E-state index in [1.54, 1.807) is 12.1 Å². The smallest absolute Gasteiger partial charge is 0.416 e. The zero-order valence-corrected chi connectivity index (χ0v) is 23.6. The number of hydrogen-bond donors (Lipinski definition) is 1.